The first-order valence-electron chi connectivity index (χ1n) is 7.48. The monoisotopic (exact) mass is 324 g/mol. The van der Waals surface area contributed by atoms with Gasteiger partial charge in [0.25, 0.3) is 0 Å². The average Bonchev–Trinajstić information content (AvgIpc) is 2.55. The van der Waals surface area contributed by atoms with Crippen LogP contribution in [0, 0.1) is 0 Å². The SMILES string of the molecule is CCOC(=O)Nc1cccc(O)c1-c1cc(=O)c2ccccc2[nH]1. The molecule has 0 bridgehead atoms. The summed E-state index contributed by atoms with van der Waals surface area (Å²) in [7, 11) is 0. The maximum absolute atomic E-state index is 12.3. The molecule has 1 aromatic heterocycles. The zero-order valence-corrected chi connectivity index (χ0v) is 13.0. The van der Waals surface area contributed by atoms with Crippen LogP contribution < -0.4 is 10.7 Å². The Morgan fingerprint density at radius 2 is 2.00 bits per heavy atom. The molecule has 0 aliphatic heterocycles. The predicted molar refractivity (Wildman–Crippen MR) is 92.3 cm³/mol. The Bertz CT molecular complexity index is 963. The minimum Gasteiger partial charge on any atom is -0.507 e. The number of aromatic nitrogens is 1. The van der Waals surface area contributed by atoms with Crippen molar-refractivity contribution < 1.29 is 14.6 Å². The van der Waals surface area contributed by atoms with E-state index in [9.17, 15) is 14.7 Å². The molecule has 0 atom stereocenters. The standard InChI is InChI=1S/C18H16N2O4/c1-2-24-18(23)20-13-8-5-9-15(21)17(13)14-10-16(22)11-6-3-4-7-12(11)19-14/h3-10,21H,2H2,1H3,(H,19,22)(H,20,23). The Morgan fingerprint density at radius 3 is 2.79 bits per heavy atom. The van der Waals surface area contributed by atoms with Gasteiger partial charge in [0.05, 0.1) is 23.6 Å². The molecule has 0 saturated heterocycles. The van der Waals surface area contributed by atoms with Gasteiger partial charge in [0.1, 0.15) is 5.75 Å². The number of H-pyrrole nitrogens is 1. The Hall–Kier alpha value is -3.28. The van der Waals surface area contributed by atoms with Gasteiger partial charge in [-0.25, -0.2) is 4.79 Å². The lowest BCUT2D eigenvalue weighted by atomic mass is 10.1. The molecule has 0 saturated carbocycles. The fourth-order valence-electron chi connectivity index (χ4n) is 2.54. The normalized spacial score (nSPS) is 10.5. The molecule has 3 N–H and O–H groups in total. The minimum atomic E-state index is -0.632. The van der Waals surface area contributed by atoms with Crippen LogP contribution >= 0.6 is 0 Å². The number of amides is 1. The summed E-state index contributed by atoms with van der Waals surface area (Å²) in [5.74, 6) is -0.0600. The number of fused-ring (bicyclic) bond motifs is 1. The second-order valence-corrected chi connectivity index (χ2v) is 5.14. The maximum Gasteiger partial charge on any atom is 0.411 e. The number of anilines is 1. The van der Waals surface area contributed by atoms with E-state index in [1.54, 1.807) is 37.3 Å². The largest absolute Gasteiger partial charge is 0.507 e. The van der Waals surface area contributed by atoms with Crippen molar-refractivity contribution in [2.24, 2.45) is 0 Å². The van der Waals surface area contributed by atoms with Crippen molar-refractivity contribution in [2.75, 3.05) is 11.9 Å². The Balaban J connectivity index is 2.15. The maximum atomic E-state index is 12.3. The van der Waals surface area contributed by atoms with Crippen molar-refractivity contribution in [3.05, 3.63) is 58.8 Å². The van der Waals surface area contributed by atoms with Crippen LogP contribution in [0.1, 0.15) is 6.92 Å². The van der Waals surface area contributed by atoms with Gasteiger partial charge in [0, 0.05) is 17.0 Å². The molecule has 6 nitrogen and oxygen atoms in total. The number of aromatic hydroxyl groups is 1. The van der Waals surface area contributed by atoms with E-state index in [2.05, 4.69) is 10.3 Å². The van der Waals surface area contributed by atoms with Gasteiger partial charge in [-0.2, -0.15) is 0 Å². The fourth-order valence-corrected chi connectivity index (χ4v) is 2.54. The van der Waals surface area contributed by atoms with Gasteiger partial charge < -0.3 is 14.8 Å². The molecular formula is C18H16N2O4. The summed E-state index contributed by atoms with van der Waals surface area (Å²) < 4.78 is 4.87. The molecule has 0 fully saturated rings. The van der Waals surface area contributed by atoms with Crippen molar-refractivity contribution in [1.29, 1.82) is 0 Å². The van der Waals surface area contributed by atoms with Crippen LogP contribution in [-0.4, -0.2) is 22.8 Å². The number of benzene rings is 2. The predicted octanol–water partition coefficient (Wildman–Crippen LogP) is 3.47. The molecule has 1 amide bonds. The quantitative estimate of drug-likeness (QED) is 0.688. The highest BCUT2D eigenvalue weighted by atomic mass is 16.5. The Kier molecular flexibility index (Phi) is 4.20. The van der Waals surface area contributed by atoms with Crippen LogP contribution in [-0.2, 0) is 4.74 Å². The molecule has 3 aromatic rings. The molecule has 1 heterocycles. The zero-order valence-electron chi connectivity index (χ0n) is 13.0. The molecule has 0 aliphatic rings. The van der Waals surface area contributed by atoms with E-state index < -0.39 is 6.09 Å². The number of rotatable bonds is 3. The molecule has 0 unspecified atom stereocenters. The van der Waals surface area contributed by atoms with Crippen LogP contribution in [0.15, 0.2) is 53.3 Å². The molecular weight excluding hydrogens is 308 g/mol. The minimum absolute atomic E-state index is 0.0600. The van der Waals surface area contributed by atoms with Crippen molar-refractivity contribution >= 4 is 22.7 Å². The van der Waals surface area contributed by atoms with Crippen molar-refractivity contribution in [2.45, 2.75) is 6.92 Å². The molecule has 6 heteroatoms. The molecule has 0 aliphatic carbocycles. The summed E-state index contributed by atoms with van der Waals surface area (Å²) >= 11 is 0. The summed E-state index contributed by atoms with van der Waals surface area (Å²) in [6.07, 6.45) is -0.632. The average molecular weight is 324 g/mol. The molecule has 122 valence electrons. The fraction of sp³-hybridized carbons (Fsp3) is 0.111. The highest BCUT2D eigenvalue weighted by Gasteiger charge is 2.15. The number of nitrogens with one attached hydrogen (secondary N) is 2. The van der Waals surface area contributed by atoms with Gasteiger partial charge >= 0.3 is 6.09 Å². The smallest absolute Gasteiger partial charge is 0.411 e. The Labute approximate surface area is 137 Å². The van der Waals surface area contributed by atoms with Crippen LogP contribution in [0.5, 0.6) is 5.75 Å². The summed E-state index contributed by atoms with van der Waals surface area (Å²) in [6, 6.07) is 13.2. The summed E-state index contributed by atoms with van der Waals surface area (Å²) in [4.78, 5) is 27.1. The van der Waals surface area contributed by atoms with Gasteiger partial charge in [0.2, 0.25) is 0 Å². The second kappa shape index (κ2) is 6.45. The van der Waals surface area contributed by atoms with E-state index in [-0.39, 0.29) is 17.8 Å². The van der Waals surface area contributed by atoms with Gasteiger partial charge in [-0.05, 0) is 31.2 Å². The van der Waals surface area contributed by atoms with Gasteiger partial charge in [-0.1, -0.05) is 18.2 Å². The van der Waals surface area contributed by atoms with Crippen LogP contribution in [0.25, 0.3) is 22.2 Å². The zero-order chi connectivity index (χ0) is 17.1. The van der Waals surface area contributed by atoms with E-state index in [1.165, 1.54) is 12.1 Å². The van der Waals surface area contributed by atoms with Crippen LogP contribution in [0.2, 0.25) is 0 Å². The molecule has 2 aromatic carbocycles. The molecule has 0 spiro atoms. The lowest BCUT2D eigenvalue weighted by Crippen LogP contribution is -2.14. The third-order valence-corrected chi connectivity index (χ3v) is 3.56. The first kappa shape index (κ1) is 15.6. The number of phenols is 1. The summed E-state index contributed by atoms with van der Waals surface area (Å²) in [5.41, 5.74) is 1.55. The Morgan fingerprint density at radius 1 is 1.21 bits per heavy atom. The van der Waals surface area contributed by atoms with Crippen LogP contribution in [0.4, 0.5) is 10.5 Å². The first-order valence-corrected chi connectivity index (χ1v) is 7.48. The van der Waals surface area contributed by atoms with Gasteiger partial charge in [-0.15, -0.1) is 0 Å². The van der Waals surface area contributed by atoms with E-state index in [0.717, 1.165) is 0 Å². The van der Waals surface area contributed by atoms with Crippen molar-refractivity contribution in [1.82, 2.24) is 4.98 Å². The van der Waals surface area contributed by atoms with Crippen molar-refractivity contribution in [3.63, 3.8) is 0 Å². The number of para-hydroxylation sites is 1. The number of ether oxygens (including phenoxy) is 1. The number of phenolic OH excluding ortho intramolecular Hbond substituents is 1. The van der Waals surface area contributed by atoms with E-state index in [4.69, 9.17) is 4.74 Å². The molecule has 0 radical (unpaired) electrons. The number of carbonyl (C=O) groups is 1. The number of pyridine rings is 1. The number of hydrogen-bond acceptors (Lipinski definition) is 4. The third kappa shape index (κ3) is 2.94. The van der Waals surface area contributed by atoms with E-state index >= 15 is 0 Å². The highest BCUT2D eigenvalue weighted by molar-refractivity contribution is 5.94. The van der Waals surface area contributed by atoms with Crippen LogP contribution in [0.3, 0.4) is 0 Å². The number of carbonyl (C=O) groups excluding carboxylic acids is 1. The molecule has 3 rings (SSSR count). The lowest BCUT2D eigenvalue weighted by molar-refractivity contribution is 0.168. The lowest BCUT2D eigenvalue weighted by Gasteiger charge is -2.13. The van der Waals surface area contributed by atoms with Crippen molar-refractivity contribution in [3.8, 4) is 17.0 Å². The van der Waals surface area contributed by atoms with E-state index in [1.807, 2.05) is 6.07 Å². The second-order valence-electron chi connectivity index (χ2n) is 5.14. The molecule has 24 heavy (non-hydrogen) atoms. The van der Waals surface area contributed by atoms with E-state index in [0.29, 0.717) is 27.8 Å². The van der Waals surface area contributed by atoms with Gasteiger partial charge in [0.15, 0.2) is 5.43 Å². The number of aromatic amines is 1. The number of hydrogen-bond donors (Lipinski definition) is 3. The topological polar surface area (TPSA) is 91.4 Å². The highest BCUT2D eigenvalue weighted by Crippen LogP contribution is 2.35. The van der Waals surface area contributed by atoms with Gasteiger partial charge in [-0.3, -0.25) is 10.1 Å². The summed E-state index contributed by atoms with van der Waals surface area (Å²) in [5, 5.41) is 13.4. The summed E-state index contributed by atoms with van der Waals surface area (Å²) in [6.45, 7) is 1.93. The first-order chi connectivity index (χ1) is 11.6. The third-order valence-electron chi connectivity index (χ3n) is 3.56.